The number of rotatable bonds is 16. The molecule has 17 heteroatoms. The maximum Gasteiger partial charge on any atom is 0.242 e. The Labute approximate surface area is 253 Å². The van der Waals surface area contributed by atoms with Crippen LogP contribution in [0.4, 0.5) is 0 Å². The number of likely N-dealkylation sites (N-methyl/N-ethyl adjacent to an activating group) is 8. The second-order valence-corrected chi connectivity index (χ2v) is 10.4. The molecule has 0 aromatic carbocycles. The molecule has 0 aromatic rings. The van der Waals surface area contributed by atoms with Crippen molar-refractivity contribution in [1.29, 1.82) is 0 Å². The summed E-state index contributed by atoms with van der Waals surface area (Å²) >= 11 is 0. The maximum absolute atomic E-state index is 12.6. The van der Waals surface area contributed by atoms with E-state index < -0.39 is 41.4 Å². The number of carbonyl (C=O) groups is 8. The zero-order chi connectivity index (χ0) is 33.6. The molecule has 0 aliphatic carbocycles. The van der Waals surface area contributed by atoms with E-state index in [0.29, 0.717) is 6.54 Å². The third kappa shape index (κ3) is 13.5. The van der Waals surface area contributed by atoms with E-state index in [4.69, 9.17) is 5.73 Å². The van der Waals surface area contributed by atoms with Gasteiger partial charge >= 0.3 is 0 Å². The number of hydrogen-bond donors (Lipinski definition) is 1. The van der Waals surface area contributed by atoms with Gasteiger partial charge in [-0.3, -0.25) is 38.4 Å². The van der Waals surface area contributed by atoms with E-state index in [1.807, 2.05) is 0 Å². The summed E-state index contributed by atoms with van der Waals surface area (Å²) in [4.78, 5) is 108. The van der Waals surface area contributed by atoms with Crippen LogP contribution in [0.2, 0.25) is 0 Å². The van der Waals surface area contributed by atoms with E-state index in [-0.39, 0.29) is 58.3 Å². The van der Waals surface area contributed by atoms with Crippen LogP contribution in [-0.2, 0) is 38.4 Å². The van der Waals surface area contributed by atoms with Crippen molar-refractivity contribution in [2.75, 3.05) is 115 Å². The largest absolute Gasteiger partial charge is 0.345 e. The van der Waals surface area contributed by atoms with Crippen molar-refractivity contribution >= 4 is 47.3 Å². The van der Waals surface area contributed by atoms with Gasteiger partial charge in [-0.05, 0) is 6.92 Å². The zero-order valence-corrected chi connectivity index (χ0v) is 26.8. The molecule has 0 aromatic heterocycles. The molecule has 0 atom stereocenters. The van der Waals surface area contributed by atoms with Gasteiger partial charge in [-0.25, -0.2) is 0 Å². The lowest BCUT2D eigenvalue weighted by Crippen LogP contribution is -2.49. The molecule has 0 aliphatic rings. The normalized spacial score (nSPS) is 10.3. The smallest absolute Gasteiger partial charge is 0.242 e. The Morgan fingerprint density at radius 3 is 0.674 bits per heavy atom. The molecular weight excluding hydrogens is 566 g/mol. The van der Waals surface area contributed by atoms with Crippen molar-refractivity contribution in [2.24, 2.45) is 5.73 Å². The highest BCUT2D eigenvalue weighted by atomic mass is 16.2. The summed E-state index contributed by atoms with van der Waals surface area (Å²) in [6.45, 7) is -0.0562. The van der Waals surface area contributed by atoms with Crippen LogP contribution in [-0.4, -0.2) is 202 Å². The van der Waals surface area contributed by atoms with Gasteiger partial charge in [0, 0.05) is 62.9 Å². The van der Waals surface area contributed by atoms with E-state index in [1.54, 1.807) is 14.0 Å². The Morgan fingerprint density at radius 1 is 0.349 bits per heavy atom. The number of amides is 8. The number of carbonyl (C=O) groups excluding carboxylic acids is 8. The van der Waals surface area contributed by atoms with Crippen molar-refractivity contribution in [3.05, 3.63) is 0 Å². The summed E-state index contributed by atoms with van der Waals surface area (Å²) in [5.41, 5.74) is 5.27. The molecule has 0 spiro atoms. The fourth-order valence-corrected chi connectivity index (χ4v) is 3.21. The van der Waals surface area contributed by atoms with E-state index in [1.165, 1.54) is 59.1 Å². The molecular formula is C26H47N9O8. The summed E-state index contributed by atoms with van der Waals surface area (Å²) in [6, 6.07) is 0. The first-order valence-electron chi connectivity index (χ1n) is 13.5. The predicted molar refractivity (Wildman–Crippen MR) is 156 cm³/mol. The minimum Gasteiger partial charge on any atom is -0.345 e. The molecule has 0 aliphatic heterocycles. The van der Waals surface area contributed by atoms with Gasteiger partial charge in [0.05, 0.1) is 52.4 Å². The number of nitrogens with two attached hydrogens (primary N) is 1. The number of nitrogens with zero attached hydrogens (tertiary/aromatic N) is 8. The zero-order valence-electron chi connectivity index (χ0n) is 26.8. The lowest BCUT2D eigenvalue weighted by molar-refractivity contribution is -0.146. The van der Waals surface area contributed by atoms with E-state index in [2.05, 4.69) is 0 Å². The van der Waals surface area contributed by atoms with E-state index >= 15 is 0 Å². The van der Waals surface area contributed by atoms with Gasteiger partial charge in [0.15, 0.2) is 0 Å². The Hall–Kier alpha value is -4.28. The van der Waals surface area contributed by atoms with Gasteiger partial charge in [-0.15, -0.1) is 0 Å². The second kappa shape index (κ2) is 18.3. The van der Waals surface area contributed by atoms with Gasteiger partial charge in [-0.1, -0.05) is 0 Å². The minimum atomic E-state index is -0.555. The van der Waals surface area contributed by atoms with Crippen LogP contribution < -0.4 is 5.73 Å². The van der Waals surface area contributed by atoms with E-state index in [9.17, 15) is 38.4 Å². The summed E-state index contributed by atoms with van der Waals surface area (Å²) in [5, 5.41) is 0. The first-order chi connectivity index (χ1) is 19.9. The van der Waals surface area contributed by atoms with Crippen LogP contribution in [0, 0.1) is 0 Å². The maximum atomic E-state index is 12.6. The van der Waals surface area contributed by atoms with Crippen LogP contribution >= 0.6 is 0 Å². The summed E-state index contributed by atoms with van der Waals surface area (Å²) in [7, 11) is 11.4. The van der Waals surface area contributed by atoms with Gasteiger partial charge in [0.1, 0.15) is 0 Å². The number of hydrogen-bond acceptors (Lipinski definition) is 9. The SMILES string of the molecule is CCN(C)C(=O)CN(C)C(=O)CN(C)C(=O)CN(C)C(=O)CN(C)C(=O)CN(C)C(=O)CN(C)C(=O)CN(C)C(=O)CN. The fraction of sp³-hybridized carbons (Fsp3) is 0.692. The highest BCUT2D eigenvalue weighted by Crippen LogP contribution is 1.99. The monoisotopic (exact) mass is 613 g/mol. The van der Waals surface area contributed by atoms with E-state index in [0.717, 1.165) is 29.4 Å². The predicted octanol–water partition coefficient (Wildman–Crippen LogP) is -4.37. The third-order valence-electron chi connectivity index (χ3n) is 6.66. The van der Waals surface area contributed by atoms with Crippen LogP contribution in [0.25, 0.3) is 0 Å². The molecule has 0 saturated heterocycles. The van der Waals surface area contributed by atoms with Crippen molar-refractivity contribution < 1.29 is 38.4 Å². The highest BCUT2D eigenvalue weighted by molar-refractivity contribution is 5.92. The van der Waals surface area contributed by atoms with Gasteiger partial charge < -0.3 is 44.9 Å². The average Bonchev–Trinajstić information content (AvgIpc) is 2.95. The van der Waals surface area contributed by atoms with Gasteiger partial charge in [0.2, 0.25) is 47.3 Å². The molecule has 0 bridgehead atoms. The molecule has 0 saturated carbocycles. The Kier molecular flexibility index (Phi) is 16.5. The lowest BCUT2D eigenvalue weighted by atomic mass is 10.3. The lowest BCUT2D eigenvalue weighted by Gasteiger charge is -2.27. The molecule has 0 radical (unpaired) electrons. The Bertz CT molecular complexity index is 1050. The molecule has 2 N–H and O–H groups in total. The molecule has 0 rings (SSSR count). The molecule has 43 heavy (non-hydrogen) atoms. The molecule has 0 fully saturated rings. The van der Waals surface area contributed by atoms with Crippen molar-refractivity contribution in [3.63, 3.8) is 0 Å². The molecule has 0 unspecified atom stereocenters. The standard InChI is InChI=1S/C26H47N9O8/c1-10-28(2)20(37)12-30(4)22(39)14-32(6)24(41)16-34(8)26(43)18-35(9)25(42)17-33(7)23(40)15-31(5)21(38)13-29(3)19(36)11-27/h10-18,27H2,1-9H3. The van der Waals surface area contributed by atoms with Crippen molar-refractivity contribution in [1.82, 2.24) is 39.2 Å². The van der Waals surface area contributed by atoms with Crippen LogP contribution in [0.3, 0.4) is 0 Å². The van der Waals surface area contributed by atoms with Gasteiger partial charge in [-0.2, -0.15) is 0 Å². The van der Waals surface area contributed by atoms with Crippen molar-refractivity contribution in [2.45, 2.75) is 6.92 Å². The Morgan fingerprint density at radius 2 is 0.512 bits per heavy atom. The summed E-state index contributed by atoms with van der Waals surface area (Å²) < 4.78 is 0. The first-order valence-corrected chi connectivity index (χ1v) is 13.5. The molecule has 0 heterocycles. The Balaban J connectivity index is 4.78. The topological polar surface area (TPSA) is 189 Å². The van der Waals surface area contributed by atoms with Crippen LogP contribution in [0.1, 0.15) is 6.92 Å². The van der Waals surface area contributed by atoms with Crippen molar-refractivity contribution in [3.8, 4) is 0 Å². The minimum absolute atomic E-state index is 0.130. The quantitative estimate of drug-likeness (QED) is 0.179. The second-order valence-electron chi connectivity index (χ2n) is 10.4. The fourth-order valence-electron chi connectivity index (χ4n) is 3.21. The van der Waals surface area contributed by atoms with Crippen LogP contribution in [0.15, 0.2) is 0 Å². The van der Waals surface area contributed by atoms with Crippen LogP contribution in [0.5, 0.6) is 0 Å². The highest BCUT2D eigenvalue weighted by Gasteiger charge is 2.24. The molecule has 244 valence electrons. The summed E-state index contributed by atoms with van der Waals surface area (Å²) in [6.07, 6.45) is 0. The molecule has 17 nitrogen and oxygen atoms in total. The average molecular weight is 614 g/mol. The van der Waals surface area contributed by atoms with Gasteiger partial charge in [0.25, 0.3) is 0 Å². The third-order valence-corrected chi connectivity index (χ3v) is 6.66. The molecule has 8 amide bonds. The summed E-state index contributed by atoms with van der Waals surface area (Å²) in [5.74, 6) is -3.78. The first kappa shape index (κ1) is 38.7.